The van der Waals surface area contributed by atoms with E-state index in [1.54, 1.807) is 0 Å². The molecule has 1 heterocycles. The Morgan fingerprint density at radius 3 is 2.68 bits per heavy atom. The quantitative estimate of drug-likeness (QED) is 0.884. The van der Waals surface area contributed by atoms with Crippen LogP contribution in [0, 0.1) is 0 Å². The fourth-order valence-electron chi connectivity index (χ4n) is 1.65. The molecule has 0 unspecified atom stereocenters. The smallest absolute Gasteiger partial charge is 0.433 e. The molecule has 1 fully saturated rings. The van der Waals surface area contributed by atoms with E-state index in [4.69, 9.17) is 10.5 Å². The Bertz CT molecular complexity index is 448. The van der Waals surface area contributed by atoms with E-state index >= 15 is 0 Å². The van der Waals surface area contributed by atoms with Crippen molar-refractivity contribution in [2.45, 2.75) is 25.1 Å². The van der Waals surface area contributed by atoms with Gasteiger partial charge in [0.25, 0.3) is 0 Å². The molecule has 2 N–H and O–H groups in total. The van der Waals surface area contributed by atoms with Crippen LogP contribution in [0.3, 0.4) is 0 Å². The molecule has 1 aromatic rings. The van der Waals surface area contributed by atoms with E-state index < -0.39 is 17.8 Å². The lowest BCUT2D eigenvalue weighted by atomic mass is 10.4. The summed E-state index contributed by atoms with van der Waals surface area (Å²) in [5.74, 6) is -0.593. The van der Waals surface area contributed by atoms with Crippen molar-refractivity contribution < 1.29 is 17.9 Å². The van der Waals surface area contributed by atoms with Gasteiger partial charge in [-0.2, -0.15) is 18.2 Å². The van der Waals surface area contributed by atoms with Gasteiger partial charge in [-0.25, -0.2) is 4.98 Å². The highest BCUT2D eigenvalue weighted by molar-refractivity contribution is 5.27. The van der Waals surface area contributed by atoms with Gasteiger partial charge in [0.15, 0.2) is 5.69 Å². The molecule has 1 aliphatic carbocycles. The number of aromatic nitrogens is 2. The van der Waals surface area contributed by atoms with Crippen LogP contribution in [0.1, 0.15) is 18.5 Å². The molecular weight excluding hydrogens is 261 g/mol. The first-order chi connectivity index (χ1) is 8.86. The van der Waals surface area contributed by atoms with Crippen molar-refractivity contribution in [3.8, 4) is 5.88 Å². The number of rotatable bonds is 5. The fourth-order valence-corrected chi connectivity index (χ4v) is 1.65. The molecule has 1 aromatic heterocycles. The van der Waals surface area contributed by atoms with E-state index in [0.717, 1.165) is 18.9 Å². The zero-order chi connectivity index (χ0) is 14.0. The molecule has 0 aliphatic heterocycles. The van der Waals surface area contributed by atoms with Crippen molar-refractivity contribution in [2.75, 3.05) is 25.9 Å². The van der Waals surface area contributed by atoms with E-state index in [1.165, 1.54) is 0 Å². The van der Waals surface area contributed by atoms with Crippen molar-refractivity contribution in [1.82, 2.24) is 14.9 Å². The van der Waals surface area contributed by atoms with E-state index in [1.807, 2.05) is 7.05 Å². The summed E-state index contributed by atoms with van der Waals surface area (Å²) >= 11 is 0. The first kappa shape index (κ1) is 13.9. The molecule has 0 atom stereocenters. The molecule has 0 amide bonds. The van der Waals surface area contributed by atoms with Gasteiger partial charge in [-0.15, -0.1) is 0 Å². The molecule has 0 radical (unpaired) electrons. The van der Waals surface area contributed by atoms with Gasteiger partial charge in [0, 0.05) is 18.7 Å². The Morgan fingerprint density at radius 1 is 1.42 bits per heavy atom. The summed E-state index contributed by atoms with van der Waals surface area (Å²) in [5.41, 5.74) is 4.14. The number of likely N-dealkylation sites (N-methyl/N-ethyl adjacent to an activating group) is 1. The highest BCUT2D eigenvalue weighted by Crippen LogP contribution is 2.30. The van der Waals surface area contributed by atoms with Gasteiger partial charge in [-0.3, -0.25) is 0 Å². The Balaban J connectivity index is 1.93. The largest absolute Gasteiger partial charge is 0.476 e. The van der Waals surface area contributed by atoms with Crippen molar-refractivity contribution in [2.24, 2.45) is 0 Å². The lowest BCUT2D eigenvalue weighted by Gasteiger charge is -2.16. The molecule has 19 heavy (non-hydrogen) atoms. The highest BCUT2D eigenvalue weighted by atomic mass is 19.4. The number of halogens is 3. The number of hydrogen-bond acceptors (Lipinski definition) is 5. The number of hydrogen-bond donors (Lipinski definition) is 1. The molecule has 106 valence electrons. The predicted molar refractivity (Wildman–Crippen MR) is 62.6 cm³/mol. The Kier molecular flexibility index (Phi) is 3.79. The maximum Gasteiger partial charge on any atom is 0.433 e. The second-order valence-corrected chi connectivity index (χ2v) is 4.51. The number of ether oxygens (including phenoxy) is 1. The topological polar surface area (TPSA) is 64.3 Å². The maximum atomic E-state index is 12.5. The summed E-state index contributed by atoms with van der Waals surface area (Å²) in [5, 5.41) is 0. The van der Waals surface area contributed by atoms with Gasteiger partial charge in [0.1, 0.15) is 6.61 Å². The van der Waals surface area contributed by atoms with E-state index in [0.29, 0.717) is 12.6 Å². The number of nitrogens with two attached hydrogens (primary N) is 1. The van der Waals surface area contributed by atoms with Crippen molar-refractivity contribution >= 4 is 5.95 Å². The monoisotopic (exact) mass is 276 g/mol. The molecular formula is C11H15F3N4O. The van der Waals surface area contributed by atoms with Crippen LogP contribution < -0.4 is 10.5 Å². The zero-order valence-electron chi connectivity index (χ0n) is 10.4. The number of anilines is 1. The van der Waals surface area contributed by atoms with E-state index in [9.17, 15) is 13.2 Å². The summed E-state index contributed by atoms with van der Waals surface area (Å²) in [6.45, 7) is 0.899. The Hall–Kier alpha value is -1.57. The van der Waals surface area contributed by atoms with Gasteiger partial charge < -0.3 is 15.4 Å². The van der Waals surface area contributed by atoms with Gasteiger partial charge in [0.05, 0.1) is 0 Å². The van der Waals surface area contributed by atoms with Crippen LogP contribution >= 0.6 is 0 Å². The van der Waals surface area contributed by atoms with Crippen LogP contribution in [-0.4, -0.2) is 41.1 Å². The maximum absolute atomic E-state index is 12.5. The molecule has 0 bridgehead atoms. The number of alkyl halides is 3. The van der Waals surface area contributed by atoms with Crippen LogP contribution in [-0.2, 0) is 6.18 Å². The van der Waals surface area contributed by atoms with Crippen LogP contribution in [0.5, 0.6) is 5.88 Å². The standard InChI is InChI=1S/C11H15F3N4O/c1-18(7-2-3-7)4-5-19-9-6-8(11(12,13)14)16-10(15)17-9/h6-7H,2-5H2,1H3,(H2,15,16,17). The van der Waals surface area contributed by atoms with E-state index in [2.05, 4.69) is 14.9 Å². The predicted octanol–water partition coefficient (Wildman–Crippen LogP) is 1.55. The third-order valence-corrected chi connectivity index (χ3v) is 2.87. The number of nitrogen functional groups attached to an aromatic ring is 1. The van der Waals surface area contributed by atoms with Gasteiger partial charge >= 0.3 is 6.18 Å². The van der Waals surface area contributed by atoms with Crippen molar-refractivity contribution in [1.29, 1.82) is 0 Å². The summed E-state index contributed by atoms with van der Waals surface area (Å²) < 4.78 is 42.7. The van der Waals surface area contributed by atoms with Gasteiger partial charge in [-0.05, 0) is 19.9 Å². The second kappa shape index (κ2) is 5.20. The Morgan fingerprint density at radius 2 is 2.11 bits per heavy atom. The molecule has 0 aromatic carbocycles. The highest BCUT2D eigenvalue weighted by Gasteiger charge is 2.33. The minimum Gasteiger partial charge on any atom is -0.476 e. The minimum atomic E-state index is -4.56. The number of nitrogens with zero attached hydrogens (tertiary/aromatic N) is 3. The molecule has 0 saturated heterocycles. The zero-order valence-corrected chi connectivity index (χ0v) is 10.4. The van der Waals surface area contributed by atoms with Gasteiger partial charge in [0.2, 0.25) is 11.8 Å². The summed E-state index contributed by atoms with van der Waals surface area (Å²) in [7, 11) is 1.95. The first-order valence-corrected chi connectivity index (χ1v) is 5.91. The summed E-state index contributed by atoms with van der Waals surface area (Å²) in [6, 6.07) is 1.33. The molecule has 1 saturated carbocycles. The molecule has 0 spiro atoms. The van der Waals surface area contributed by atoms with E-state index in [-0.39, 0.29) is 12.5 Å². The van der Waals surface area contributed by atoms with Crippen molar-refractivity contribution in [3.63, 3.8) is 0 Å². The van der Waals surface area contributed by atoms with Crippen LogP contribution in [0.2, 0.25) is 0 Å². The lowest BCUT2D eigenvalue weighted by molar-refractivity contribution is -0.141. The third-order valence-electron chi connectivity index (χ3n) is 2.87. The second-order valence-electron chi connectivity index (χ2n) is 4.51. The molecule has 8 heteroatoms. The average molecular weight is 276 g/mol. The van der Waals surface area contributed by atoms with Gasteiger partial charge in [-0.1, -0.05) is 0 Å². The molecule has 2 rings (SSSR count). The first-order valence-electron chi connectivity index (χ1n) is 5.91. The molecule has 5 nitrogen and oxygen atoms in total. The third kappa shape index (κ3) is 3.95. The Labute approximate surface area is 108 Å². The molecule has 1 aliphatic rings. The summed E-state index contributed by atoms with van der Waals surface area (Å²) in [6.07, 6.45) is -2.23. The summed E-state index contributed by atoms with van der Waals surface area (Å²) in [4.78, 5) is 8.87. The van der Waals surface area contributed by atoms with Crippen LogP contribution in [0.15, 0.2) is 6.07 Å². The normalized spacial score (nSPS) is 15.8. The average Bonchev–Trinajstić information content (AvgIpc) is 3.10. The van der Waals surface area contributed by atoms with Crippen LogP contribution in [0.25, 0.3) is 0 Å². The minimum absolute atomic E-state index is 0.149. The van der Waals surface area contributed by atoms with Crippen molar-refractivity contribution in [3.05, 3.63) is 11.8 Å². The fraction of sp³-hybridized carbons (Fsp3) is 0.636. The SMILES string of the molecule is CN(CCOc1cc(C(F)(F)F)nc(N)n1)C1CC1. The lowest BCUT2D eigenvalue weighted by Crippen LogP contribution is -2.26. The van der Waals surface area contributed by atoms with Crippen LogP contribution in [0.4, 0.5) is 19.1 Å².